The molecule has 3 aromatic rings. The fourth-order valence-corrected chi connectivity index (χ4v) is 4.62. The van der Waals surface area contributed by atoms with Gasteiger partial charge in [-0.05, 0) is 54.3 Å². The summed E-state index contributed by atoms with van der Waals surface area (Å²) < 4.78 is 19.9. The topological polar surface area (TPSA) is 71.5 Å². The first-order valence-corrected chi connectivity index (χ1v) is 11.3. The first-order valence-electron chi connectivity index (χ1n) is 10.5. The highest BCUT2D eigenvalue weighted by atomic mass is 32.1. The highest BCUT2D eigenvalue weighted by Gasteiger charge is 2.31. The Labute approximate surface area is 190 Å². The minimum atomic E-state index is -0.375. The van der Waals surface area contributed by atoms with Crippen molar-refractivity contribution in [3.63, 3.8) is 0 Å². The quantitative estimate of drug-likeness (QED) is 0.610. The standard InChI is InChI=1S/C24H24FN3O3S/c1-3-26-24(30)21-14-32-22(27-21)13-31-19-8-7-16-9-10-28(15(2)29)23(20(16)12-19)17-5-4-6-18(25)11-17/h4-8,11-12,14,23H,3,9-10,13H2,1-2H3,(H,26,30)/t23-/m1/s1. The van der Waals surface area contributed by atoms with E-state index in [0.29, 0.717) is 29.5 Å². The molecule has 0 radical (unpaired) electrons. The molecule has 2 heterocycles. The molecule has 0 saturated carbocycles. The van der Waals surface area contributed by atoms with Gasteiger partial charge in [-0.1, -0.05) is 18.2 Å². The van der Waals surface area contributed by atoms with Gasteiger partial charge in [-0.25, -0.2) is 9.37 Å². The van der Waals surface area contributed by atoms with Gasteiger partial charge in [-0.3, -0.25) is 9.59 Å². The molecular formula is C24H24FN3O3S. The van der Waals surface area contributed by atoms with E-state index in [-0.39, 0.29) is 30.3 Å². The number of aromatic nitrogens is 1. The van der Waals surface area contributed by atoms with Crippen molar-refractivity contribution in [2.24, 2.45) is 0 Å². The van der Waals surface area contributed by atoms with Gasteiger partial charge in [0, 0.05) is 25.4 Å². The third-order valence-electron chi connectivity index (χ3n) is 5.40. The molecule has 1 aliphatic rings. The number of nitrogens with zero attached hydrogens (tertiary/aromatic N) is 2. The number of benzene rings is 2. The van der Waals surface area contributed by atoms with Crippen LogP contribution in [0.25, 0.3) is 0 Å². The molecule has 1 N–H and O–H groups in total. The summed E-state index contributed by atoms with van der Waals surface area (Å²) in [7, 11) is 0. The molecule has 0 unspecified atom stereocenters. The van der Waals surface area contributed by atoms with E-state index in [1.807, 2.05) is 31.2 Å². The summed E-state index contributed by atoms with van der Waals surface area (Å²) in [5, 5.41) is 5.13. The monoisotopic (exact) mass is 453 g/mol. The fraction of sp³-hybridized carbons (Fsp3) is 0.292. The van der Waals surface area contributed by atoms with E-state index in [1.54, 1.807) is 16.3 Å². The second-order valence-electron chi connectivity index (χ2n) is 7.56. The Hall–Kier alpha value is -3.26. The first kappa shape index (κ1) is 22.0. The second kappa shape index (κ2) is 9.48. The van der Waals surface area contributed by atoms with E-state index in [2.05, 4.69) is 10.3 Å². The average molecular weight is 454 g/mol. The number of rotatable bonds is 6. The molecule has 1 atom stereocenters. The van der Waals surface area contributed by atoms with Crippen LogP contribution in [0.4, 0.5) is 4.39 Å². The van der Waals surface area contributed by atoms with Crippen LogP contribution in [0.3, 0.4) is 0 Å². The maximum Gasteiger partial charge on any atom is 0.270 e. The van der Waals surface area contributed by atoms with Crippen molar-refractivity contribution < 1.29 is 18.7 Å². The molecular weight excluding hydrogens is 429 g/mol. The van der Waals surface area contributed by atoms with Crippen molar-refractivity contribution in [2.75, 3.05) is 13.1 Å². The number of halogens is 1. The molecule has 166 valence electrons. The van der Waals surface area contributed by atoms with Crippen molar-refractivity contribution >= 4 is 23.2 Å². The van der Waals surface area contributed by atoms with E-state index >= 15 is 0 Å². The van der Waals surface area contributed by atoms with E-state index in [0.717, 1.165) is 23.1 Å². The number of fused-ring (bicyclic) bond motifs is 1. The molecule has 0 saturated heterocycles. The predicted octanol–water partition coefficient (Wildman–Crippen LogP) is 4.10. The summed E-state index contributed by atoms with van der Waals surface area (Å²) in [4.78, 5) is 30.3. The van der Waals surface area contributed by atoms with E-state index in [1.165, 1.54) is 30.4 Å². The van der Waals surface area contributed by atoms with E-state index < -0.39 is 0 Å². The van der Waals surface area contributed by atoms with Gasteiger partial charge in [0.2, 0.25) is 5.91 Å². The summed E-state index contributed by atoms with van der Waals surface area (Å²) >= 11 is 1.36. The second-order valence-corrected chi connectivity index (χ2v) is 8.50. The molecule has 1 aromatic heterocycles. The van der Waals surface area contributed by atoms with Gasteiger partial charge in [-0.2, -0.15) is 0 Å². The van der Waals surface area contributed by atoms with Crippen LogP contribution in [-0.4, -0.2) is 34.8 Å². The molecule has 8 heteroatoms. The normalized spacial score (nSPS) is 15.2. The zero-order valence-electron chi connectivity index (χ0n) is 17.9. The first-order chi connectivity index (χ1) is 15.5. The molecule has 0 aliphatic carbocycles. The fourth-order valence-electron chi connectivity index (χ4n) is 3.94. The van der Waals surface area contributed by atoms with Crippen molar-refractivity contribution in [2.45, 2.75) is 32.9 Å². The van der Waals surface area contributed by atoms with Crippen molar-refractivity contribution in [1.82, 2.24) is 15.2 Å². The molecule has 2 amide bonds. The van der Waals surface area contributed by atoms with Crippen LogP contribution in [0.2, 0.25) is 0 Å². The molecule has 0 spiro atoms. The number of thiazole rings is 1. The number of amides is 2. The molecule has 32 heavy (non-hydrogen) atoms. The maximum absolute atomic E-state index is 14.0. The third kappa shape index (κ3) is 4.65. The predicted molar refractivity (Wildman–Crippen MR) is 120 cm³/mol. The van der Waals surface area contributed by atoms with Gasteiger partial charge in [0.1, 0.15) is 28.9 Å². The van der Waals surface area contributed by atoms with Crippen LogP contribution in [0, 0.1) is 5.82 Å². The minimum Gasteiger partial charge on any atom is -0.486 e. The lowest BCUT2D eigenvalue weighted by atomic mass is 9.88. The molecule has 2 aromatic carbocycles. The number of hydrogen-bond acceptors (Lipinski definition) is 5. The highest BCUT2D eigenvalue weighted by molar-refractivity contribution is 7.09. The number of nitrogens with one attached hydrogen (secondary N) is 1. The van der Waals surface area contributed by atoms with Crippen LogP contribution in [-0.2, 0) is 17.8 Å². The van der Waals surface area contributed by atoms with Gasteiger partial charge in [0.25, 0.3) is 5.91 Å². The van der Waals surface area contributed by atoms with Gasteiger partial charge >= 0.3 is 0 Å². The SMILES string of the molecule is CCNC(=O)c1csc(COc2ccc3c(c2)[C@@H](c2cccc(F)c2)N(C(C)=O)CC3)n1. The zero-order valence-corrected chi connectivity index (χ0v) is 18.7. The lowest BCUT2D eigenvalue weighted by molar-refractivity contribution is -0.130. The number of hydrogen-bond donors (Lipinski definition) is 1. The Kier molecular flexibility index (Phi) is 6.50. The largest absolute Gasteiger partial charge is 0.486 e. The minimum absolute atomic E-state index is 0.0584. The smallest absolute Gasteiger partial charge is 0.270 e. The molecule has 0 fully saturated rings. The number of carbonyl (C=O) groups is 2. The average Bonchev–Trinajstić information content (AvgIpc) is 3.26. The summed E-state index contributed by atoms with van der Waals surface area (Å²) in [6, 6.07) is 11.8. The Morgan fingerprint density at radius 1 is 1.28 bits per heavy atom. The van der Waals surface area contributed by atoms with Crippen LogP contribution >= 0.6 is 11.3 Å². The molecule has 1 aliphatic heterocycles. The Morgan fingerprint density at radius 2 is 2.12 bits per heavy atom. The summed E-state index contributed by atoms with van der Waals surface area (Å²) in [5.41, 5.74) is 3.14. The van der Waals surface area contributed by atoms with Gasteiger partial charge in [0.15, 0.2) is 0 Å². The van der Waals surface area contributed by atoms with Crippen molar-refractivity contribution in [3.05, 3.63) is 81.1 Å². The lowest BCUT2D eigenvalue weighted by Gasteiger charge is -2.37. The number of carbonyl (C=O) groups excluding carboxylic acids is 2. The van der Waals surface area contributed by atoms with Crippen LogP contribution in [0.1, 0.15) is 52.1 Å². The van der Waals surface area contributed by atoms with Crippen molar-refractivity contribution in [3.8, 4) is 5.75 Å². The zero-order chi connectivity index (χ0) is 22.7. The Morgan fingerprint density at radius 3 is 2.88 bits per heavy atom. The Balaban J connectivity index is 1.58. The van der Waals surface area contributed by atoms with E-state index in [4.69, 9.17) is 4.74 Å². The summed E-state index contributed by atoms with van der Waals surface area (Å²) in [6.07, 6.45) is 0.726. The molecule has 4 rings (SSSR count). The number of ether oxygens (including phenoxy) is 1. The Bertz CT molecular complexity index is 1150. The maximum atomic E-state index is 14.0. The highest BCUT2D eigenvalue weighted by Crippen LogP contribution is 2.37. The third-order valence-corrected chi connectivity index (χ3v) is 6.22. The van der Waals surface area contributed by atoms with Gasteiger partial charge in [0.05, 0.1) is 6.04 Å². The van der Waals surface area contributed by atoms with Gasteiger partial charge < -0.3 is 15.0 Å². The van der Waals surface area contributed by atoms with Gasteiger partial charge in [-0.15, -0.1) is 11.3 Å². The molecule has 6 nitrogen and oxygen atoms in total. The lowest BCUT2D eigenvalue weighted by Crippen LogP contribution is -2.39. The molecule has 0 bridgehead atoms. The van der Waals surface area contributed by atoms with E-state index in [9.17, 15) is 14.0 Å². The van der Waals surface area contributed by atoms with Crippen LogP contribution in [0.5, 0.6) is 5.75 Å². The van der Waals surface area contributed by atoms with Crippen molar-refractivity contribution in [1.29, 1.82) is 0 Å². The summed E-state index contributed by atoms with van der Waals surface area (Å²) in [6.45, 7) is 4.73. The van der Waals surface area contributed by atoms with Crippen LogP contribution in [0.15, 0.2) is 47.8 Å². The van der Waals surface area contributed by atoms with Crippen LogP contribution < -0.4 is 10.1 Å². The summed E-state index contributed by atoms with van der Waals surface area (Å²) in [5.74, 6) is 0.0328.